The normalized spacial score (nSPS) is 21.3. The van der Waals surface area contributed by atoms with Crippen molar-refractivity contribution in [3.05, 3.63) is 66.1 Å². The molecule has 1 aromatic carbocycles. The number of allylic oxidation sites excluding steroid dienone is 3. The van der Waals surface area contributed by atoms with Crippen LogP contribution in [0.5, 0.6) is 0 Å². The molecule has 0 aromatic heterocycles. The predicted octanol–water partition coefficient (Wildman–Crippen LogP) is 4.35. The second-order valence-electron chi connectivity index (χ2n) is 5.30. The molecule has 0 bridgehead atoms. The summed E-state index contributed by atoms with van der Waals surface area (Å²) in [5.41, 5.74) is -0.869. The van der Waals surface area contributed by atoms with Crippen molar-refractivity contribution in [2.45, 2.75) is 31.5 Å². The van der Waals surface area contributed by atoms with Gasteiger partial charge in [-0.1, -0.05) is 19.1 Å². The van der Waals surface area contributed by atoms with Crippen LogP contribution < -0.4 is 0 Å². The van der Waals surface area contributed by atoms with Gasteiger partial charge in [0.05, 0.1) is 5.60 Å². The van der Waals surface area contributed by atoms with E-state index in [4.69, 9.17) is 0 Å². The van der Waals surface area contributed by atoms with Crippen LogP contribution in [0.4, 0.5) is 13.2 Å². The summed E-state index contributed by atoms with van der Waals surface area (Å²) in [6, 6.07) is 9.86. The van der Waals surface area contributed by atoms with Crippen LogP contribution in [0, 0.1) is 50.0 Å². The molecule has 0 saturated carbocycles. The summed E-state index contributed by atoms with van der Waals surface area (Å²) in [5, 5.41) is 10.9. The maximum absolute atomic E-state index is 12.8. The second kappa shape index (κ2) is 7.38. The molecular formula is C17H17F3OU. The number of hydrogen-bond acceptors (Lipinski definition) is 1. The average molecular weight is 532 g/mol. The number of rotatable bonds is 3. The van der Waals surface area contributed by atoms with E-state index in [1.54, 1.807) is 31.2 Å². The van der Waals surface area contributed by atoms with Crippen molar-refractivity contribution in [1.82, 2.24) is 0 Å². The number of hydrogen-bond donors (Lipinski definition) is 1. The Hall–Kier alpha value is -0.498. The van der Waals surface area contributed by atoms with Crippen molar-refractivity contribution in [2.24, 2.45) is 5.92 Å². The summed E-state index contributed by atoms with van der Waals surface area (Å²) in [6.45, 7) is 5.45. The van der Waals surface area contributed by atoms with Gasteiger partial charge in [0.2, 0.25) is 0 Å². The third-order valence-corrected chi connectivity index (χ3v) is 3.88. The summed E-state index contributed by atoms with van der Waals surface area (Å²) < 4.78 is 38.3. The van der Waals surface area contributed by atoms with Crippen molar-refractivity contribution in [1.29, 1.82) is 0 Å². The third-order valence-electron chi connectivity index (χ3n) is 3.88. The first-order valence-corrected chi connectivity index (χ1v) is 6.76. The zero-order valence-electron chi connectivity index (χ0n) is 12.2. The zero-order chi connectivity index (χ0) is 15.7. The first kappa shape index (κ1) is 19.5. The molecule has 0 aliphatic heterocycles. The Bertz CT molecular complexity index is 563. The number of halogens is 3. The molecule has 22 heavy (non-hydrogen) atoms. The maximum atomic E-state index is 12.8. The predicted molar refractivity (Wildman–Crippen MR) is 75.2 cm³/mol. The van der Waals surface area contributed by atoms with Gasteiger partial charge in [-0.15, -0.1) is 12.0 Å². The quantitative estimate of drug-likeness (QED) is 0.575. The Morgan fingerprint density at radius 1 is 1.32 bits per heavy atom. The van der Waals surface area contributed by atoms with E-state index in [1.165, 1.54) is 6.08 Å². The van der Waals surface area contributed by atoms with E-state index >= 15 is 0 Å². The standard InChI is InChI=1S/C17H17F3O.U/c1-3-16(21,13-7-5-4-6-8-13)15-10-9-14(11-12(15)2)17(18,19)20;/h4-7,9-10,12,21H,1,3,11H2,2H3;/q-2;+2. The summed E-state index contributed by atoms with van der Waals surface area (Å²) in [7, 11) is 0. The Balaban J connectivity index is 0.00000242. The van der Waals surface area contributed by atoms with Crippen LogP contribution >= 0.6 is 0 Å². The topological polar surface area (TPSA) is 20.2 Å². The molecule has 5 heteroatoms. The molecule has 1 aliphatic rings. The van der Waals surface area contributed by atoms with Crippen molar-refractivity contribution in [2.75, 3.05) is 0 Å². The number of benzene rings is 1. The van der Waals surface area contributed by atoms with Gasteiger partial charge in [-0.3, -0.25) is 0 Å². The Labute approximate surface area is 152 Å². The Kier molecular flexibility index (Phi) is 6.56. The van der Waals surface area contributed by atoms with Crippen LogP contribution in [0.15, 0.2) is 47.6 Å². The van der Waals surface area contributed by atoms with Gasteiger partial charge in [-0.25, -0.2) is 0 Å². The van der Waals surface area contributed by atoms with Gasteiger partial charge in [-0.05, 0) is 17.9 Å². The molecule has 1 N–H and O–H groups in total. The van der Waals surface area contributed by atoms with E-state index in [1.807, 2.05) is 0 Å². The molecular weight excluding hydrogens is 515 g/mol. The van der Waals surface area contributed by atoms with Gasteiger partial charge in [0.25, 0.3) is 0 Å². The Morgan fingerprint density at radius 2 is 2.00 bits per heavy atom. The average Bonchev–Trinajstić information content (AvgIpc) is 2.46. The SMILES string of the molecule is [CH2-]CC(O)(C1=CC=C(C(F)(F)F)CC1C)c1[c-]cccc1.[U+2]. The van der Waals surface area contributed by atoms with E-state index in [0.717, 1.165) is 6.08 Å². The minimum Gasteiger partial charge on any atom is -0.386 e. The molecule has 1 aliphatic carbocycles. The summed E-state index contributed by atoms with van der Waals surface area (Å²) >= 11 is 0. The second-order valence-corrected chi connectivity index (χ2v) is 5.30. The monoisotopic (exact) mass is 532 g/mol. The van der Waals surface area contributed by atoms with Crippen molar-refractivity contribution in [3.8, 4) is 0 Å². The first-order chi connectivity index (χ1) is 9.79. The van der Waals surface area contributed by atoms with Crippen LogP contribution in [0.3, 0.4) is 0 Å². The van der Waals surface area contributed by atoms with Gasteiger partial charge in [0, 0.05) is 5.57 Å². The van der Waals surface area contributed by atoms with Crippen molar-refractivity contribution < 1.29 is 49.4 Å². The van der Waals surface area contributed by atoms with Crippen LogP contribution in [0.25, 0.3) is 0 Å². The third kappa shape index (κ3) is 3.88. The first-order valence-electron chi connectivity index (χ1n) is 6.76. The van der Waals surface area contributed by atoms with Gasteiger partial charge < -0.3 is 12.0 Å². The molecule has 0 saturated heterocycles. The molecule has 0 heterocycles. The van der Waals surface area contributed by atoms with Gasteiger partial charge in [-0.2, -0.15) is 43.5 Å². The van der Waals surface area contributed by atoms with Crippen molar-refractivity contribution in [3.63, 3.8) is 0 Å². The van der Waals surface area contributed by atoms with Crippen LogP contribution in [-0.4, -0.2) is 11.3 Å². The fourth-order valence-electron chi connectivity index (χ4n) is 2.70. The van der Waals surface area contributed by atoms with Gasteiger partial charge >= 0.3 is 37.3 Å². The Morgan fingerprint density at radius 3 is 2.45 bits per heavy atom. The van der Waals surface area contributed by atoms with E-state index in [9.17, 15) is 18.3 Å². The maximum Gasteiger partial charge on any atom is 2.00 e. The summed E-state index contributed by atoms with van der Waals surface area (Å²) in [5.74, 6) is -0.410. The summed E-state index contributed by atoms with van der Waals surface area (Å²) in [4.78, 5) is 0. The fraction of sp³-hybridized carbons (Fsp3) is 0.353. The smallest absolute Gasteiger partial charge is 0.386 e. The van der Waals surface area contributed by atoms with Crippen molar-refractivity contribution >= 4 is 0 Å². The molecule has 0 radical (unpaired) electrons. The molecule has 2 rings (SSSR count). The van der Waals surface area contributed by atoms with Gasteiger partial charge in [0.15, 0.2) is 0 Å². The zero-order valence-corrected chi connectivity index (χ0v) is 16.4. The molecule has 116 valence electrons. The van der Waals surface area contributed by atoms with Gasteiger partial charge in [0.1, 0.15) is 0 Å². The molecule has 1 aromatic rings. The van der Waals surface area contributed by atoms with Crippen LogP contribution in [0.2, 0.25) is 0 Å². The molecule has 0 fully saturated rings. The van der Waals surface area contributed by atoms with E-state index < -0.39 is 23.3 Å². The van der Waals surface area contributed by atoms with E-state index in [-0.39, 0.29) is 44.0 Å². The summed E-state index contributed by atoms with van der Waals surface area (Å²) in [6.07, 6.45) is -1.89. The van der Waals surface area contributed by atoms with E-state index in [0.29, 0.717) is 11.1 Å². The molecule has 1 nitrogen and oxygen atoms in total. The number of aliphatic hydroxyl groups is 1. The molecule has 0 spiro atoms. The van der Waals surface area contributed by atoms with E-state index in [2.05, 4.69) is 13.0 Å². The number of alkyl halides is 3. The minimum atomic E-state index is -4.32. The molecule has 2 unspecified atom stereocenters. The largest absolute Gasteiger partial charge is 2.00 e. The molecule has 2 atom stereocenters. The van der Waals surface area contributed by atoms with Crippen LogP contribution in [0.1, 0.15) is 25.3 Å². The minimum absolute atomic E-state index is 0. The van der Waals surface area contributed by atoms with Crippen LogP contribution in [-0.2, 0) is 5.60 Å². The fourth-order valence-corrected chi connectivity index (χ4v) is 2.70. The molecule has 0 amide bonds.